The number of benzene rings is 1. The van der Waals surface area contributed by atoms with Gasteiger partial charge in [-0.3, -0.25) is 4.79 Å². The summed E-state index contributed by atoms with van der Waals surface area (Å²) in [6, 6.07) is 6.14. The molecule has 0 fully saturated rings. The van der Waals surface area contributed by atoms with Crippen LogP contribution in [0.15, 0.2) is 24.3 Å². The molecule has 20 heavy (non-hydrogen) atoms. The topological polar surface area (TPSA) is 78.6 Å². The molecule has 0 saturated heterocycles. The molecule has 4 N–H and O–H groups in total. The molecule has 1 amide bonds. The van der Waals surface area contributed by atoms with E-state index >= 15 is 0 Å². The number of likely N-dealkylation sites (N-methyl/N-ethyl adjacent to an activating group) is 1. The third-order valence-electron chi connectivity index (χ3n) is 3.63. The molecule has 5 heteroatoms. The van der Waals surface area contributed by atoms with E-state index in [0.717, 1.165) is 5.56 Å². The highest BCUT2D eigenvalue weighted by Gasteiger charge is 2.22. The number of phenolic OH excluding ortho intramolecular Hbond substituents is 1. The molecule has 0 bridgehead atoms. The van der Waals surface area contributed by atoms with E-state index in [4.69, 9.17) is 5.73 Å². The fraction of sp³-hybridized carbons (Fsp3) is 0.533. The van der Waals surface area contributed by atoms with Crippen molar-refractivity contribution in [2.45, 2.75) is 31.8 Å². The van der Waals surface area contributed by atoms with Crippen molar-refractivity contribution in [3.63, 3.8) is 0 Å². The van der Waals surface area contributed by atoms with Gasteiger partial charge in [0.05, 0.1) is 6.04 Å². The van der Waals surface area contributed by atoms with E-state index in [-0.39, 0.29) is 17.2 Å². The van der Waals surface area contributed by atoms with Crippen LogP contribution in [0, 0.1) is 0 Å². The van der Waals surface area contributed by atoms with E-state index in [1.54, 1.807) is 24.3 Å². The Morgan fingerprint density at radius 3 is 2.40 bits per heavy atom. The Bertz CT molecular complexity index is 441. The molecule has 0 aliphatic rings. The van der Waals surface area contributed by atoms with Crippen LogP contribution in [0.3, 0.4) is 0 Å². The Labute approximate surface area is 120 Å². The summed E-state index contributed by atoms with van der Waals surface area (Å²) in [5, 5.41) is 12.1. The normalized spacial score (nSPS) is 13.3. The SMILES string of the molecule is CN(C)C(C)(C)CNC(=O)[C@@H](N)Cc1ccc(O)cc1. The van der Waals surface area contributed by atoms with Gasteiger partial charge in [-0.2, -0.15) is 0 Å². The molecule has 0 spiro atoms. The molecule has 0 radical (unpaired) electrons. The van der Waals surface area contributed by atoms with Crippen LogP contribution in [-0.2, 0) is 11.2 Å². The summed E-state index contributed by atoms with van der Waals surface area (Å²) < 4.78 is 0. The lowest BCUT2D eigenvalue weighted by Crippen LogP contribution is -2.51. The van der Waals surface area contributed by atoms with Gasteiger partial charge in [-0.15, -0.1) is 0 Å². The van der Waals surface area contributed by atoms with Crippen LogP contribution in [0.4, 0.5) is 0 Å². The largest absolute Gasteiger partial charge is 0.508 e. The van der Waals surface area contributed by atoms with Crippen LogP contribution < -0.4 is 11.1 Å². The van der Waals surface area contributed by atoms with Crippen LogP contribution >= 0.6 is 0 Å². The zero-order chi connectivity index (χ0) is 15.3. The second-order valence-corrected chi connectivity index (χ2v) is 5.90. The molecular weight excluding hydrogens is 254 g/mol. The van der Waals surface area contributed by atoms with Crippen molar-refractivity contribution in [2.24, 2.45) is 5.73 Å². The predicted molar refractivity (Wildman–Crippen MR) is 80.6 cm³/mol. The number of phenols is 1. The summed E-state index contributed by atoms with van der Waals surface area (Å²) in [7, 11) is 3.95. The lowest BCUT2D eigenvalue weighted by Gasteiger charge is -2.33. The highest BCUT2D eigenvalue weighted by atomic mass is 16.3. The van der Waals surface area contributed by atoms with E-state index in [9.17, 15) is 9.90 Å². The highest BCUT2D eigenvalue weighted by molar-refractivity contribution is 5.81. The smallest absolute Gasteiger partial charge is 0.237 e. The van der Waals surface area contributed by atoms with Crippen molar-refractivity contribution < 1.29 is 9.90 Å². The minimum atomic E-state index is -0.586. The average molecular weight is 279 g/mol. The lowest BCUT2D eigenvalue weighted by molar-refractivity contribution is -0.122. The number of carbonyl (C=O) groups is 1. The maximum atomic E-state index is 12.0. The number of amides is 1. The minimum Gasteiger partial charge on any atom is -0.508 e. The maximum Gasteiger partial charge on any atom is 0.237 e. The molecule has 0 aliphatic carbocycles. The molecule has 0 heterocycles. The average Bonchev–Trinajstić information content (AvgIpc) is 2.38. The third-order valence-corrected chi connectivity index (χ3v) is 3.63. The van der Waals surface area contributed by atoms with Crippen LogP contribution in [0.5, 0.6) is 5.75 Å². The summed E-state index contributed by atoms with van der Waals surface area (Å²) >= 11 is 0. The quantitative estimate of drug-likeness (QED) is 0.717. The molecule has 1 atom stereocenters. The molecule has 5 nitrogen and oxygen atoms in total. The van der Waals surface area contributed by atoms with Crippen LogP contribution in [0.1, 0.15) is 19.4 Å². The van der Waals surface area contributed by atoms with E-state index in [2.05, 4.69) is 24.1 Å². The van der Waals surface area contributed by atoms with Crippen LogP contribution in [0.25, 0.3) is 0 Å². The van der Waals surface area contributed by atoms with Crippen molar-refractivity contribution in [1.29, 1.82) is 0 Å². The monoisotopic (exact) mass is 279 g/mol. The van der Waals surface area contributed by atoms with Gasteiger partial charge in [0.25, 0.3) is 0 Å². The molecule has 0 unspecified atom stereocenters. The first-order chi connectivity index (χ1) is 9.22. The zero-order valence-corrected chi connectivity index (χ0v) is 12.7. The summed E-state index contributed by atoms with van der Waals surface area (Å²) in [6.45, 7) is 4.65. The predicted octanol–water partition coefficient (Wildman–Crippen LogP) is 0.718. The number of carbonyl (C=O) groups excluding carboxylic acids is 1. The molecule has 0 saturated carbocycles. The Morgan fingerprint density at radius 1 is 1.35 bits per heavy atom. The van der Waals surface area contributed by atoms with E-state index in [0.29, 0.717) is 13.0 Å². The van der Waals surface area contributed by atoms with Gasteiger partial charge in [0.1, 0.15) is 5.75 Å². The van der Waals surface area contributed by atoms with Crippen LogP contribution in [0.2, 0.25) is 0 Å². The molecular formula is C15H25N3O2. The maximum absolute atomic E-state index is 12.0. The number of nitrogens with one attached hydrogen (secondary N) is 1. The standard InChI is InChI=1S/C15H25N3O2/c1-15(2,18(3)4)10-17-14(20)13(16)9-11-5-7-12(19)8-6-11/h5-8,13,19H,9-10,16H2,1-4H3,(H,17,20)/t13-/m0/s1. The summed E-state index contributed by atoms with van der Waals surface area (Å²) in [5.74, 6) is 0.0486. The number of aromatic hydroxyl groups is 1. The number of nitrogens with zero attached hydrogens (tertiary/aromatic N) is 1. The molecule has 0 aromatic heterocycles. The van der Waals surface area contributed by atoms with Crippen molar-refractivity contribution in [3.05, 3.63) is 29.8 Å². The van der Waals surface area contributed by atoms with Gasteiger partial charge in [0.15, 0.2) is 0 Å². The van der Waals surface area contributed by atoms with Crippen molar-refractivity contribution in [2.75, 3.05) is 20.6 Å². The number of hydrogen-bond acceptors (Lipinski definition) is 4. The number of hydrogen-bond donors (Lipinski definition) is 3. The summed E-state index contributed by atoms with van der Waals surface area (Å²) in [5.41, 5.74) is 6.72. The first-order valence-electron chi connectivity index (χ1n) is 6.71. The number of rotatable bonds is 6. The van der Waals surface area contributed by atoms with Gasteiger partial charge in [-0.1, -0.05) is 12.1 Å². The Hall–Kier alpha value is -1.59. The summed E-state index contributed by atoms with van der Waals surface area (Å²) in [6.07, 6.45) is 0.453. The zero-order valence-electron chi connectivity index (χ0n) is 12.7. The molecule has 1 aromatic rings. The van der Waals surface area contributed by atoms with E-state index < -0.39 is 6.04 Å². The molecule has 1 aromatic carbocycles. The van der Waals surface area contributed by atoms with Gasteiger partial charge in [0, 0.05) is 12.1 Å². The third kappa shape index (κ3) is 4.83. The van der Waals surface area contributed by atoms with Gasteiger partial charge >= 0.3 is 0 Å². The van der Waals surface area contributed by atoms with E-state index in [1.165, 1.54) is 0 Å². The van der Waals surface area contributed by atoms with Gasteiger partial charge in [0.2, 0.25) is 5.91 Å². The first-order valence-corrected chi connectivity index (χ1v) is 6.71. The van der Waals surface area contributed by atoms with Crippen molar-refractivity contribution >= 4 is 5.91 Å². The molecule has 1 rings (SSSR count). The second-order valence-electron chi connectivity index (χ2n) is 5.90. The molecule has 112 valence electrons. The second kappa shape index (κ2) is 6.72. The van der Waals surface area contributed by atoms with Crippen LogP contribution in [-0.4, -0.2) is 48.1 Å². The van der Waals surface area contributed by atoms with E-state index in [1.807, 2.05) is 14.1 Å². The summed E-state index contributed by atoms with van der Waals surface area (Å²) in [4.78, 5) is 14.0. The molecule has 0 aliphatic heterocycles. The Morgan fingerprint density at radius 2 is 1.90 bits per heavy atom. The van der Waals surface area contributed by atoms with Gasteiger partial charge in [-0.05, 0) is 52.1 Å². The highest BCUT2D eigenvalue weighted by Crippen LogP contribution is 2.11. The van der Waals surface area contributed by atoms with Gasteiger partial charge in [-0.25, -0.2) is 0 Å². The Kier molecular flexibility index (Phi) is 5.53. The fourth-order valence-electron chi connectivity index (χ4n) is 1.57. The Balaban J connectivity index is 2.49. The lowest BCUT2D eigenvalue weighted by atomic mass is 10.0. The van der Waals surface area contributed by atoms with Crippen molar-refractivity contribution in [3.8, 4) is 5.75 Å². The first kappa shape index (κ1) is 16.5. The number of nitrogens with two attached hydrogens (primary N) is 1. The minimum absolute atomic E-state index is 0.117. The van der Waals surface area contributed by atoms with Gasteiger partial charge < -0.3 is 21.1 Å². The fourth-order valence-corrected chi connectivity index (χ4v) is 1.57. The van der Waals surface area contributed by atoms with Crippen molar-refractivity contribution in [1.82, 2.24) is 10.2 Å².